The minimum atomic E-state index is -1.52. The number of hydrogen-bond donors (Lipinski definition) is 2. The van der Waals surface area contributed by atoms with Crippen molar-refractivity contribution in [2.45, 2.75) is 24.9 Å². The lowest BCUT2D eigenvalue weighted by Gasteiger charge is -2.37. The number of likely N-dealkylation sites (tertiary alicyclic amines) is 1. The first-order valence-electron chi connectivity index (χ1n) is 11.6. The number of aromatic nitrogens is 2. The molecule has 1 saturated heterocycles. The van der Waals surface area contributed by atoms with Crippen molar-refractivity contribution >= 4 is 34.9 Å². The van der Waals surface area contributed by atoms with Crippen LogP contribution in [0, 0.1) is 5.82 Å². The zero-order valence-electron chi connectivity index (χ0n) is 19.8. The fraction of sp³-hybridized carbons (Fsp3) is 0.400. The van der Waals surface area contributed by atoms with Crippen molar-refractivity contribution in [2.24, 2.45) is 0 Å². The normalized spacial score (nSPS) is 16.8. The van der Waals surface area contributed by atoms with E-state index in [0.717, 1.165) is 18.7 Å². The number of rotatable bonds is 6. The summed E-state index contributed by atoms with van der Waals surface area (Å²) < 4.78 is 30.6. The maximum atomic E-state index is 14.4. The Bertz CT molecular complexity index is 1250. The van der Waals surface area contributed by atoms with Crippen molar-refractivity contribution < 1.29 is 28.5 Å². The van der Waals surface area contributed by atoms with Crippen LogP contribution in [0.5, 0.6) is 17.2 Å². The minimum Gasteiger partial charge on any atom is -0.497 e. The maximum Gasteiger partial charge on any atom is 0.256 e. The molecule has 0 unspecified atom stereocenters. The fourth-order valence-electron chi connectivity index (χ4n) is 4.42. The van der Waals surface area contributed by atoms with Gasteiger partial charge in [-0.3, -0.25) is 14.8 Å². The van der Waals surface area contributed by atoms with Gasteiger partial charge in [0.05, 0.1) is 19.0 Å². The smallest absolute Gasteiger partial charge is 0.256 e. The van der Waals surface area contributed by atoms with E-state index in [9.17, 15) is 14.3 Å². The predicted molar refractivity (Wildman–Crippen MR) is 134 cm³/mol. The Labute approximate surface area is 214 Å². The second kappa shape index (κ2) is 10.8. The van der Waals surface area contributed by atoms with Gasteiger partial charge < -0.3 is 29.5 Å². The number of fused-ring (bicyclic) bond motifs is 2. The molecule has 2 aliphatic heterocycles. The number of piperidine rings is 1. The van der Waals surface area contributed by atoms with E-state index < -0.39 is 17.3 Å². The van der Waals surface area contributed by atoms with Crippen molar-refractivity contribution in [3.8, 4) is 17.2 Å². The standard InChI is InChI=1S/C25H27FN4O5.ClH/c1-33-17-13-18-20(2-6-27-23(18)19(26)14-17)29-24(31)25(32)4-8-30(9-5-25)7-3-16-12-21-22(15-28-16)35-11-10-34-21;/h2,6,12-15,32H,3-5,7-11H2,1H3,(H,27,29,31);1H. The van der Waals surface area contributed by atoms with Gasteiger partial charge in [0.1, 0.15) is 30.1 Å². The molecule has 192 valence electrons. The van der Waals surface area contributed by atoms with Gasteiger partial charge in [-0.15, -0.1) is 12.4 Å². The molecule has 0 spiro atoms. The number of benzene rings is 1. The highest BCUT2D eigenvalue weighted by Gasteiger charge is 2.39. The zero-order chi connectivity index (χ0) is 24.4. The molecule has 2 aromatic heterocycles. The quantitative estimate of drug-likeness (QED) is 0.513. The van der Waals surface area contributed by atoms with E-state index in [4.69, 9.17) is 14.2 Å². The van der Waals surface area contributed by atoms with Gasteiger partial charge in [-0.2, -0.15) is 0 Å². The van der Waals surface area contributed by atoms with Gasteiger partial charge >= 0.3 is 0 Å². The van der Waals surface area contributed by atoms with Gasteiger partial charge in [-0.25, -0.2) is 4.39 Å². The number of anilines is 1. The summed E-state index contributed by atoms with van der Waals surface area (Å²) in [4.78, 5) is 23.7. The van der Waals surface area contributed by atoms with Crippen molar-refractivity contribution in [3.63, 3.8) is 0 Å². The summed E-state index contributed by atoms with van der Waals surface area (Å²) in [5.74, 6) is 0.638. The molecule has 1 aromatic carbocycles. The van der Waals surface area contributed by atoms with Crippen molar-refractivity contribution in [3.05, 3.63) is 48.2 Å². The topological polar surface area (TPSA) is 106 Å². The molecule has 3 aromatic rings. The molecule has 1 amide bonds. The van der Waals surface area contributed by atoms with Gasteiger partial charge in [0.15, 0.2) is 17.3 Å². The van der Waals surface area contributed by atoms with Crippen LogP contribution in [-0.4, -0.2) is 71.4 Å². The van der Waals surface area contributed by atoms with E-state index in [1.807, 2.05) is 6.07 Å². The molecule has 9 nitrogen and oxygen atoms in total. The number of ether oxygens (including phenoxy) is 3. The lowest BCUT2D eigenvalue weighted by Crippen LogP contribution is -2.51. The Hall–Kier alpha value is -3.21. The van der Waals surface area contributed by atoms with Gasteiger partial charge in [0.25, 0.3) is 5.91 Å². The molecule has 2 N–H and O–H groups in total. The Balaban J connectivity index is 0.00000304. The highest BCUT2D eigenvalue weighted by Crippen LogP contribution is 2.31. The van der Waals surface area contributed by atoms with Crippen molar-refractivity contribution in [1.29, 1.82) is 0 Å². The molecule has 1 fully saturated rings. The molecule has 0 saturated carbocycles. The van der Waals surface area contributed by atoms with Crippen LogP contribution in [0.2, 0.25) is 0 Å². The lowest BCUT2D eigenvalue weighted by molar-refractivity contribution is -0.138. The first-order chi connectivity index (χ1) is 16.9. The zero-order valence-corrected chi connectivity index (χ0v) is 20.6. The highest BCUT2D eigenvalue weighted by atomic mass is 35.5. The van der Waals surface area contributed by atoms with Crippen molar-refractivity contribution in [2.75, 3.05) is 45.3 Å². The van der Waals surface area contributed by atoms with Crippen LogP contribution in [0.3, 0.4) is 0 Å². The summed E-state index contributed by atoms with van der Waals surface area (Å²) in [6.07, 6.45) is 4.40. The van der Waals surface area contributed by atoms with Gasteiger partial charge in [0, 0.05) is 55.5 Å². The summed E-state index contributed by atoms with van der Waals surface area (Å²) in [5, 5.41) is 14.2. The number of carbonyl (C=O) groups excluding carboxylic acids is 1. The second-order valence-electron chi connectivity index (χ2n) is 8.76. The van der Waals surface area contributed by atoms with Crippen LogP contribution in [0.4, 0.5) is 10.1 Å². The second-order valence-corrected chi connectivity index (χ2v) is 8.76. The summed E-state index contributed by atoms with van der Waals surface area (Å²) in [5.41, 5.74) is -0.116. The minimum absolute atomic E-state index is 0. The van der Waals surface area contributed by atoms with Gasteiger partial charge in [-0.05, 0) is 25.0 Å². The number of hydrogen-bond acceptors (Lipinski definition) is 8. The highest BCUT2D eigenvalue weighted by molar-refractivity contribution is 6.04. The Morgan fingerprint density at radius 1 is 1.19 bits per heavy atom. The third-order valence-corrected chi connectivity index (χ3v) is 6.53. The first-order valence-corrected chi connectivity index (χ1v) is 11.6. The summed E-state index contributed by atoms with van der Waals surface area (Å²) in [6.45, 7) is 2.93. The number of methoxy groups -OCH3 is 1. The van der Waals surface area contributed by atoms with E-state index >= 15 is 0 Å². The molecule has 0 atom stereocenters. The van der Waals surface area contributed by atoms with E-state index in [1.165, 1.54) is 19.4 Å². The Morgan fingerprint density at radius 2 is 1.94 bits per heavy atom. The average molecular weight is 519 g/mol. The molecule has 5 rings (SSSR count). The van der Waals surface area contributed by atoms with Crippen LogP contribution < -0.4 is 19.5 Å². The molecular formula is C25H28ClFN4O5. The average Bonchev–Trinajstić information content (AvgIpc) is 2.88. The van der Waals surface area contributed by atoms with Gasteiger partial charge in [0.2, 0.25) is 0 Å². The van der Waals surface area contributed by atoms with Crippen LogP contribution in [0.25, 0.3) is 10.9 Å². The summed E-state index contributed by atoms with van der Waals surface area (Å²) in [6, 6.07) is 6.33. The number of nitrogens with one attached hydrogen (secondary N) is 1. The molecule has 0 radical (unpaired) electrons. The number of pyridine rings is 2. The van der Waals surface area contributed by atoms with Crippen LogP contribution in [-0.2, 0) is 11.2 Å². The summed E-state index contributed by atoms with van der Waals surface area (Å²) >= 11 is 0. The summed E-state index contributed by atoms with van der Waals surface area (Å²) in [7, 11) is 1.44. The van der Waals surface area contributed by atoms with Gasteiger partial charge in [-0.1, -0.05) is 0 Å². The number of aliphatic hydroxyl groups is 1. The maximum absolute atomic E-state index is 14.4. The third-order valence-electron chi connectivity index (χ3n) is 6.53. The van der Waals surface area contributed by atoms with Crippen molar-refractivity contribution in [1.82, 2.24) is 14.9 Å². The number of nitrogens with zero attached hydrogens (tertiary/aromatic N) is 3. The first kappa shape index (κ1) is 25.9. The van der Waals surface area contributed by atoms with Crippen LogP contribution in [0.1, 0.15) is 18.5 Å². The van der Waals surface area contributed by atoms with E-state index in [-0.39, 0.29) is 30.8 Å². The molecule has 2 aliphatic rings. The lowest BCUT2D eigenvalue weighted by atomic mass is 9.90. The number of carbonyl (C=O) groups is 1. The predicted octanol–water partition coefficient (Wildman–Crippen LogP) is 2.98. The largest absolute Gasteiger partial charge is 0.497 e. The molecular weight excluding hydrogens is 491 g/mol. The van der Waals surface area contributed by atoms with Crippen LogP contribution >= 0.6 is 12.4 Å². The molecule has 4 heterocycles. The van der Waals surface area contributed by atoms with E-state index in [0.29, 0.717) is 54.6 Å². The number of amides is 1. The molecule has 11 heteroatoms. The molecule has 0 bridgehead atoms. The number of halogens is 2. The molecule has 36 heavy (non-hydrogen) atoms. The third kappa shape index (κ3) is 5.30. The molecule has 0 aliphatic carbocycles. The van der Waals surface area contributed by atoms with E-state index in [1.54, 1.807) is 18.3 Å². The Kier molecular flexibility index (Phi) is 7.77. The van der Waals surface area contributed by atoms with E-state index in [2.05, 4.69) is 20.2 Å². The Morgan fingerprint density at radius 3 is 2.69 bits per heavy atom. The van der Waals surface area contributed by atoms with Crippen LogP contribution in [0.15, 0.2) is 36.7 Å². The SMILES string of the molecule is COc1cc(F)c2nccc(NC(=O)C3(O)CCN(CCc4cc5c(cn4)OCCO5)CC3)c2c1.Cl. The monoisotopic (exact) mass is 518 g/mol. The fourth-order valence-corrected chi connectivity index (χ4v) is 4.42.